The normalized spacial score (nSPS) is 14.5. The third-order valence-corrected chi connectivity index (χ3v) is 20.0. The molecular formula is C89H156O16P2. The molecule has 0 aliphatic heterocycles. The molecule has 0 bridgehead atoms. The van der Waals surface area contributed by atoms with Crippen LogP contribution in [-0.2, 0) is 55.8 Å². The summed E-state index contributed by atoms with van der Waals surface area (Å²) in [6.07, 6.45) is 98.3. The van der Waals surface area contributed by atoms with Crippen molar-refractivity contribution in [3.8, 4) is 0 Å². The van der Waals surface area contributed by atoms with Crippen LogP contribution in [0.2, 0.25) is 0 Å². The van der Waals surface area contributed by atoms with Crippen molar-refractivity contribution in [1.29, 1.82) is 0 Å². The van der Waals surface area contributed by atoms with Crippen LogP contribution < -0.4 is 0 Å². The van der Waals surface area contributed by atoms with Gasteiger partial charge in [-0.15, -0.1) is 0 Å². The highest BCUT2D eigenvalue weighted by atomic mass is 31.2. The molecule has 0 spiro atoms. The lowest BCUT2D eigenvalue weighted by Crippen LogP contribution is -2.30. The first-order chi connectivity index (χ1) is 52.2. The van der Waals surface area contributed by atoms with Crippen molar-refractivity contribution < 1.29 is 75.8 Å². The molecule has 18 heteroatoms. The first kappa shape index (κ1) is 103. The van der Waals surface area contributed by atoms with Crippen molar-refractivity contribution >= 4 is 33.6 Å². The number of aliphatic hydroxyl groups is 2. The van der Waals surface area contributed by atoms with E-state index in [1.807, 2.05) is 0 Å². The van der Waals surface area contributed by atoms with Gasteiger partial charge in [-0.25, -0.2) is 9.13 Å². The topological polar surface area (TPSA) is 231 Å². The average molecular weight is 1540 g/mol. The summed E-state index contributed by atoms with van der Waals surface area (Å²) < 4.78 is 61.2. The number of phosphoric ester groups is 2. The molecule has 0 saturated heterocycles. The van der Waals surface area contributed by atoms with E-state index in [4.69, 9.17) is 32.3 Å². The van der Waals surface area contributed by atoms with Crippen LogP contribution in [0.4, 0.5) is 0 Å². The average Bonchev–Trinajstić information content (AvgIpc) is 0.924. The van der Waals surface area contributed by atoms with Gasteiger partial charge in [0.1, 0.15) is 25.4 Å². The molecule has 107 heavy (non-hydrogen) atoms. The summed E-state index contributed by atoms with van der Waals surface area (Å²) in [4.78, 5) is 58.7. The Bertz CT molecular complexity index is 2430. The number of hydrogen-bond acceptors (Lipinski definition) is 14. The van der Waals surface area contributed by atoms with Gasteiger partial charge in [0.2, 0.25) is 0 Å². The number of esters is 3. The van der Waals surface area contributed by atoms with Crippen molar-refractivity contribution in [2.75, 3.05) is 39.6 Å². The zero-order valence-electron chi connectivity index (χ0n) is 67.8. The SMILES string of the molecule is CCC/C=C\C/C=C\CCCCCCCC(=O)OC(COC(=O)CCCCCCCCCCC/C=C\C/C=C\C/C=C\C/C=C\CCCCC)COP(=O)(O)OCC(O)COP(=O)(O)OCC(O)COC(=O)CCCCCCCCCCCCCCCCCCC/C=C\C/C=C\C/C=C\C/C=C\CCCCC. The van der Waals surface area contributed by atoms with Crippen LogP contribution in [0.25, 0.3) is 0 Å². The second-order valence-electron chi connectivity index (χ2n) is 28.6. The minimum Gasteiger partial charge on any atom is -0.463 e. The minimum absolute atomic E-state index is 0.0859. The third-order valence-electron chi connectivity index (χ3n) is 18.1. The molecule has 0 fully saturated rings. The molecule has 5 unspecified atom stereocenters. The van der Waals surface area contributed by atoms with Gasteiger partial charge in [0.15, 0.2) is 6.10 Å². The quantitative estimate of drug-likeness (QED) is 0.0146. The summed E-state index contributed by atoms with van der Waals surface area (Å²) in [5.41, 5.74) is 0. The Hall–Kier alpha value is -4.05. The predicted molar refractivity (Wildman–Crippen MR) is 445 cm³/mol. The van der Waals surface area contributed by atoms with E-state index in [1.165, 1.54) is 167 Å². The molecule has 618 valence electrons. The number of rotatable bonds is 81. The van der Waals surface area contributed by atoms with E-state index >= 15 is 0 Å². The summed E-state index contributed by atoms with van der Waals surface area (Å²) in [6, 6.07) is 0. The fraction of sp³-hybridized carbons (Fsp3) is 0.742. The van der Waals surface area contributed by atoms with Crippen molar-refractivity contribution in [1.82, 2.24) is 0 Å². The summed E-state index contributed by atoms with van der Waals surface area (Å²) in [6.45, 7) is 2.57. The number of hydrogen-bond donors (Lipinski definition) is 4. The van der Waals surface area contributed by atoms with Crippen molar-refractivity contribution in [2.24, 2.45) is 0 Å². The second-order valence-corrected chi connectivity index (χ2v) is 31.5. The molecule has 0 aliphatic carbocycles. The largest absolute Gasteiger partial charge is 0.472 e. The van der Waals surface area contributed by atoms with Crippen LogP contribution >= 0.6 is 15.6 Å². The lowest BCUT2D eigenvalue weighted by atomic mass is 10.0. The zero-order chi connectivity index (χ0) is 78.0. The summed E-state index contributed by atoms with van der Waals surface area (Å²) in [5.74, 6) is -1.59. The van der Waals surface area contributed by atoms with Gasteiger partial charge < -0.3 is 34.2 Å². The van der Waals surface area contributed by atoms with Gasteiger partial charge in [-0.1, -0.05) is 335 Å². The molecule has 16 nitrogen and oxygen atoms in total. The molecule has 4 N–H and O–H groups in total. The van der Waals surface area contributed by atoms with E-state index in [2.05, 4.69) is 142 Å². The Balaban J connectivity index is 4.42. The molecule has 0 heterocycles. The van der Waals surface area contributed by atoms with Crippen molar-refractivity contribution in [3.63, 3.8) is 0 Å². The molecule has 0 aromatic carbocycles. The van der Waals surface area contributed by atoms with E-state index in [0.717, 1.165) is 141 Å². The smallest absolute Gasteiger partial charge is 0.463 e. The van der Waals surface area contributed by atoms with Gasteiger partial charge in [-0.05, 0) is 135 Å². The molecular weight excluding hydrogens is 1390 g/mol. The predicted octanol–water partition coefficient (Wildman–Crippen LogP) is 25.7. The van der Waals surface area contributed by atoms with Crippen LogP contribution in [0.3, 0.4) is 0 Å². The van der Waals surface area contributed by atoms with Gasteiger partial charge in [-0.2, -0.15) is 0 Å². The molecule has 0 amide bonds. The fourth-order valence-electron chi connectivity index (χ4n) is 11.6. The van der Waals surface area contributed by atoms with Crippen LogP contribution in [0, 0.1) is 0 Å². The van der Waals surface area contributed by atoms with Gasteiger partial charge in [0.25, 0.3) is 0 Å². The van der Waals surface area contributed by atoms with E-state index in [-0.39, 0.29) is 19.3 Å². The Labute approximate surface area is 653 Å². The molecule has 0 saturated carbocycles. The highest BCUT2D eigenvalue weighted by Crippen LogP contribution is 2.45. The molecule has 5 atom stereocenters. The monoisotopic (exact) mass is 1540 g/mol. The number of unbranched alkanes of at least 4 members (excludes halogenated alkanes) is 38. The highest BCUT2D eigenvalue weighted by Gasteiger charge is 2.29. The molecule has 0 aromatic rings. The second kappa shape index (κ2) is 81.4. The highest BCUT2D eigenvalue weighted by molar-refractivity contribution is 7.47. The molecule has 0 aromatic heterocycles. The maximum Gasteiger partial charge on any atom is 0.472 e. The van der Waals surface area contributed by atoms with E-state index in [9.17, 15) is 43.5 Å². The number of carbonyl (C=O) groups excluding carboxylic acids is 3. The van der Waals surface area contributed by atoms with Crippen LogP contribution in [-0.4, -0.2) is 95.9 Å². The first-order valence-electron chi connectivity index (χ1n) is 42.8. The maximum absolute atomic E-state index is 13.0. The van der Waals surface area contributed by atoms with Gasteiger partial charge in [0.05, 0.1) is 26.4 Å². The van der Waals surface area contributed by atoms with Gasteiger partial charge >= 0.3 is 33.6 Å². The van der Waals surface area contributed by atoms with Crippen molar-refractivity contribution in [3.05, 3.63) is 122 Å². The minimum atomic E-state index is -4.94. The first-order valence-corrected chi connectivity index (χ1v) is 45.8. The van der Waals surface area contributed by atoms with Crippen LogP contribution in [0.15, 0.2) is 122 Å². The Morgan fingerprint density at radius 2 is 0.486 bits per heavy atom. The van der Waals surface area contributed by atoms with Crippen molar-refractivity contribution in [2.45, 2.75) is 386 Å². The standard InChI is InChI=1S/C89H156O16P2/c1-4-7-10-13-16-19-22-25-27-29-31-33-35-37-38-39-40-41-42-43-44-46-48-49-51-53-55-58-60-63-66-69-72-75-87(92)99-78-84(90)79-101-106(95,96)102-80-85(91)81-103-107(97,98)104-83-86(105-89(94)77-74-71-68-65-62-57-24-21-18-15-12-9-6-3)82-100-88(93)76-73-70-67-64-61-59-56-54-52-50-47-45-36-34-32-30-28-26-23-20-17-14-11-8-5-2/h12,15-17,19-21,24-28,31-34,37-38,45,47,84-86,90-91H,4-11,13-14,18,22-23,29-30,35-36,39-44,46,48-83H2,1-3H3,(H,95,96)(H,97,98)/b15-12-,19-16-,20-17-,24-21-,27-25-,28-26-,33-31-,34-32-,38-37-,47-45-. The Morgan fingerprint density at radius 1 is 0.262 bits per heavy atom. The number of allylic oxidation sites excluding steroid dienone is 20. The Morgan fingerprint density at radius 3 is 0.776 bits per heavy atom. The lowest BCUT2D eigenvalue weighted by Gasteiger charge is -2.21. The molecule has 0 radical (unpaired) electrons. The maximum atomic E-state index is 13.0. The number of aliphatic hydroxyl groups excluding tert-OH is 2. The summed E-state index contributed by atoms with van der Waals surface area (Å²) in [5, 5.41) is 20.7. The molecule has 0 aliphatic rings. The summed E-state index contributed by atoms with van der Waals surface area (Å²) in [7, 11) is -9.80. The molecule has 0 rings (SSSR count). The van der Waals surface area contributed by atoms with Crippen LogP contribution in [0.1, 0.15) is 367 Å². The van der Waals surface area contributed by atoms with E-state index < -0.39 is 91.5 Å². The summed E-state index contributed by atoms with van der Waals surface area (Å²) >= 11 is 0. The third kappa shape index (κ3) is 82.7. The van der Waals surface area contributed by atoms with E-state index in [0.29, 0.717) is 19.3 Å². The number of ether oxygens (including phenoxy) is 3. The fourth-order valence-corrected chi connectivity index (χ4v) is 13.2. The lowest BCUT2D eigenvalue weighted by molar-refractivity contribution is -0.161. The number of carbonyl (C=O) groups is 3. The Kier molecular flexibility index (Phi) is 78.4. The van der Waals surface area contributed by atoms with E-state index in [1.54, 1.807) is 0 Å². The van der Waals surface area contributed by atoms with Crippen LogP contribution in [0.5, 0.6) is 0 Å². The zero-order valence-corrected chi connectivity index (χ0v) is 69.6. The number of phosphoric acid groups is 2. The van der Waals surface area contributed by atoms with Gasteiger partial charge in [0, 0.05) is 19.3 Å². The van der Waals surface area contributed by atoms with Gasteiger partial charge in [-0.3, -0.25) is 32.5 Å².